The molecule has 5 nitrogen and oxygen atoms in total. The zero-order chi connectivity index (χ0) is 12.4. The normalized spacial score (nSPS) is 10.4. The molecular weight excluding hydrogens is 222 g/mol. The van der Waals surface area contributed by atoms with Crippen molar-refractivity contribution in [3.8, 4) is 0 Å². The van der Waals surface area contributed by atoms with Crippen LogP contribution in [0.15, 0.2) is 39.7 Å². The van der Waals surface area contributed by atoms with Gasteiger partial charge >= 0.3 is 5.97 Å². The van der Waals surface area contributed by atoms with E-state index in [-0.39, 0.29) is 17.9 Å². The molecule has 0 aromatic carbocycles. The van der Waals surface area contributed by atoms with E-state index < -0.39 is 5.97 Å². The summed E-state index contributed by atoms with van der Waals surface area (Å²) in [5.41, 5.74) is 0.526. The molecule has 0 aliphatic rings. The monoisotopic (exact) mass is 233 g/mol. The molecule has 0 aliphatic carbocycles. The maximum absolute atomic E-state index is 11.7. The number of aromatic nitrogens is 1. The lowest BCUT2D eigenvalue weighted by atomic mass is 10.3. The lowest BCUT2D eigenvalue weighted by Gasteiger charge is -2.03. The molecule has 88 valence electrons. The highest BCUT2D eigenvalue weighted by atomic mass is 16.4. The average Bonchev–Trinajstić information content (AvgIpc) is 2.73. The van der Waals surface area contributed by atoms with Crippen LogP contribution >= 0.6 is 0 Å². The zero-order valence-electron chi connectivity index (χ0n) is 9.21. The van der Waals surface area contributed by atoms with E-state index in [4.69, 9.17) is 9.52 Å². The van der Waals surface area contributed by atoms with E-state index in [0.717, 1.165) is 0 Å². The Morgan fingerprint density at radius 3 is 2.82 bits per heavy atom. The molecule has 17 heavy (non-hydrogen) atoms. The summed E-state index contributed by atoms with van der Waals surface area (Å²) >= 11 is 0. The fraction of sp³-hybridized carbons (Fsp3) is 0.167. The van der Waals surface area contributed by atoms with Gasteiger partial charge in [0.2, 0.25) is 5.76 Å². The topological polar surface area (TPSA) is 72.4 Å². The van der Waals surface area contributed by atoms with Crippen molar-refractivity contribution >= 4 is 5.97 Å². The Kier molecular flexibility index (Phi) is 2.82. The minimum absolute atomic E-state index is 0.110. The minimum atomic E-state index is -1.12. The Morgan fingerprint density at radius 1 is 1.41 bits per heavy atom. The molecule has 0 spiro atoms. The van der Waals surface area contributed by atoms with Crippen molar-refractivity contribution in [2.24, 2.45) is 0 Å². The number of nitrogens with zero attached hydrogens (tertiary/aromatic N) is 1. The second-order valence-electron chi connectivity index (χ2n) is 3.70. The van der Waals surface area contributed by atoms with Gasteiger partial charge in [-0.05, 0) is 25.1 Å². The molecule has 2 rings (SSSR count). The number of carboxylic acid groups (broad SMARTS) is 1. The third kappa shape index (κ3) is 2.28. The number of rotatable bonds is 3. The Labute approximate surface area is 96.9 Å². The predicted octanol–water partition coefficient (Wildman–Crippen LogP) is 1.50. The van der Waals surface area contributed by atoms with Gasteiger partial charge in [-0.3, -0.25) is 4.79 Å². The summed E-state index contributed by atoms with van der Waals surface area (Å²) in [6.07, 6.45) is 1.64. The van der Waals surface area contributed by atoms with Crippen molar-refractivity contribution in [3.05, 3.63) is 57.9 Å². The highest BCUT2D eigenvalue weighted by Gasteiger charge is 2.09. The smallest absolute Gasteiger partial charge is 0.371 e. The van der Waals surface area contributed by atoms with Crippen LogP contribution in [-0.2, 0) is 6.54 Å². The number of aromatic carboxylic acids is 1. The summed E-state index contributed by atoms with van der Waals surface area (Å²) in [5, 5.41) is 8.70. The summed E-state index contributed by atoms with van der Waals surface area (Å²) in [5.74, 6) is -0.802. The molecule has 0 saturated heterocycles. The number of aryl methyl sites for hydroxylation is 1. The molecule has 0 unspecified atom stereocenters. The summed E-state index contributed by atoms with van der Waals surface area (Å²) in [6.45, 7) is 1.96. The number of furan rings is 1. The first-order chi connectivity index (χ1) is 8.08. The van der Waals surface area contributed by atoms with Gasteiger partial charge in [-0.1, -0.05) is 6.07 Å². The van der Waals surface area contributed by atoms with Crippen molar-refractivity contribution in [2.75, 3.05) is 0 Å². The van der Waals surface area contributed by atoms with Crippen molar-refractivity contribution in [1.82, 2.24) is 4.57 Å². The van der Waals surface area contributed by atoms with Gasteiger partial charge in [-0.25, -0.2) is 4.79 Å². The Bertz CT molecular complexity index is 609. The number of carbonyl (C=O) groups is 1. The summed E-state index contributed by atoms with van der Waals surface area (Å²) in [7, 11) is 0. The van der Waals surface area contributed by atoms with Crippen molar-refractivity contribution in [1.29, 1.82) is 0 Å². The Hall–Kier alpha value is -2.30. The van der Waals surface area contributed by atoms with Crippen LogP contribution in [-0.4, -0.2) is 15.6 Å². The van der Waals surface area contributed by atoms with Gasteiger partial charge < -0.3 is 14.1 Å². The van der Waals surface area contributed by atoms with Crippen LogP contribution in [0.25, 0.3) is 0 Å². The Balaban J connectivity index is 2.28. The standard InChI is InChI=1S/C12H11NO4/c1-8-3-2-6-13(11(8)14)7-9-4-5-10(17-9)12(15)16/h2-6H,7H2,1H3,(H,15,16). The molecule has 0 radical (unpaired) electrons. The average molecular weight is 233 g/mol. The largest absolute Gasteiger partial charge is 0.475 e. The van der Waals surface area contributed by atoms with E-state index in [0.29, 0.717) is 11.3 Å². The first kappa shape index (κ1) is 11.2. The molecule has 1 N–H and O–H groups in total. The predicted molar refractivity (Wildman–Crippen MR) is 60.2 cm³/mol. The summed E-state index contributed by atoms with van der Waals surface area (Å²) < 4.78 is 6.56. The maximum Gasteiger partial charge on any atom is 0.371 e. The SMILES string of the molecule is Cc1cccn(Cc2ccc(C(=O)O)o2)c1=O. The van der Waals surface area contributed by atoms with E-state index in [1.165, 1.54) is 10.6 Å². The molecule has 2 heterocycles. The van der Waals surface area contributed by atoms with Crippen LogP contribution in [0.2, 0.25) is 0 Å². The second-order valence-corrected chi connectivity index (χ2v) is 3.70. The van der Waals surface area contributed by atoms with Crippen molar-refractivity contribution < 1.29 is 14.3 Å². The fourth-order valence-corrected chi connectivity index (χ4v) is 1.53. The molecular formula is C12H11NO4. The van der Waals surface area contributed by atoms with Crippen LogP contribution in [0.4, 0.5) is 0 Å². The molecule has 2 aromatic rings. The molecule has 5 heteroatoms. The van der Waals surface area contributed by atoms with Crippen LogP contribution in [0, 0.1) is 6.92 Å². The molecule has 0 aliphatic heterocycles. The van der Waals surface area contributed by atoms with Crippen LogP contribution in [0.3, 0.4) is 0 Å². The van der Waals surface area contributed by atoms with E-state index in [9.17, 15) is 9.59 Å². The first-order valence-electron chi connectivity index (χ1n) is 5.06. The molecule has 0 bridgehead atoms. The quantitative estimate of drug-likeness (QED) is 0.871. The van der Waals surface area contributed by atoms with Gasteiger partial charge in [-0.15, -0.1) is 0 Å². The second kappa shape index (κ2) is 4.29. The van der Waals surface area contributed by atoms with E-state index >= 15 is 0 Å². The van der Waals surface area contributed by atoms with Crippen LogP contribution < -0.4 is 5.56 Å². The van der Waals surface area contributed by atoms with Gasteiger partial charge in [0, 0.05) is 11.8 Å². The third-order valence-electron chi connectivity index (χ3n) is 2.41. The molecule has 0 atom stereocenters. The van der Waals surface area contributed by atoms with Crippen molar-refractivity contribution in [2.45, 2.75) is 13.5 Å². The highest BCUT2D eigenvalue weighted by molar-refractivity contribution is 5.84. The first-order valence-corrected chi connectivity index (χ1v) is 5.06. The minimum Gasteiger partial charge on any atom is -0.475 e. The van der Waals surface area contributed by atoms with E-state index in [1.54, 1.807) is 31.3 Å². The van der Waals surface area contributed by atoms with Gasteiger partial charge in [0.15, 0.2) is 0 Å². The number of pyridine rings is 1. The number of hydrogen-bond donors (Lipinski definition) is 1. The molecule has 2 aromatic heterocycles. The third-order valence-corrected chi connectivity index (χ3v) is 2.41. The maximum atomic E-state index is 11.7. The van der Waals surface area contributed by atoms with Crippen LogP contribution in [0.1, 0.15) is 21.9 Å². The lowest BCUT2D eigenvalue weighted by Crippen LogP contribution is -2.21. The summed E-state index contributed by atoms with van der Waals surface area (Å²) in [6, 6.07) is 6.41. The fourth-order valence-electron chi connectivity index (χ4n) is 1.53. The lowest BCUT2D eigenvalue weighted by molar-refractivity contribution is 0.0660. The Morgan fingerprint density at radius 2 is 2.18 bits per heavy atom. The highest BCUT2D eigenvalue weighted by Crippen LogP contribution is 2.08. The molecule has 0 saturated carbocycles. The van der Waals surface area contributed by atoms with Crippen molar-refractivity contribution in [3.63, 3.8) is 0 Å². The van der Waals surface area contributed by atoms with E-state index in [2.05, 4.69) is 0 Å². The molecule has 0 fully saturated rings. The van der Waals surface area contributed by atoms with Gasteiger partial charge in [0.05, 0.1) is 6.54 Å². The summed E-state index contributed by atoms with van der Waals surface area (Å²) in [4.78, 5) is 22.3. The van der Waals surface area contributed by atoms with Gasteiger partial charge in [0.25, 0.3) is 5.56 Å². The van der Waals surface area contributed by atoms with Crippen LogP contribution in [0.5, 0.6) is 0 Å². The van der Waals surface area contributed by atoms with Gasteiger partial charge in [0.1, 0.15) is 5.76 Å². The van der Waals surface area contributed by atoms with Gasteiger partial charge in [-0.2, -0.15) is 0 Å². The van der Waals surface area contributed by atoms with E-state index in [1.807, 2.05) is 0 Å². The zero-order valence-corrected chi connectivity index (χ0v) is 9.21. The number of carboxylic acids is 1. The number of hydrogen-bond acceptors (Lipinski definition) is 3. The molecule has 0 amide bonds.